The van der Waals surface area contributed by atoms with Gasteiger partial charge in [-0.25, -0.2) is 4.79 Å². The van der Waals surface area contributed by atoms with Crippen molar-refractivity contribution in [2.75, 3.05) is 0 Å². The van der Waals surface area contributed by atoms with Crippen LogP contribution in [0.2, 0.25) is 0 Å². The van der Waals surface area contributed by atoms with Crippen molar-refractivity contribution in [1.29, 1.82) is 0 Å². The molecule has 0 saturated carbocycles. The average Bonchev–Trinajstić information content (AvgIpc) is 2.09. The number of hydrogen-bond acceptors (Lipinski definition) is 2. The lowest BCUT2D eigenvalue weighted by Crippen LogP contribution is -2.15. The van der Waals surface area contributed by atoms with Gasteiger partial charge in [0.2, 0.25) is 0 Å². The van der Waals surface area contributed by atoms with Gasteiger partial charge in [-0.1, -0.05) is 33.1 Å². The summed E-state index contributed by atoms with van der Waals surface area (Å²) in [6.45, 7) is 4.11. The van der Waals surface area contributed by atoms with Crippen molar-refractivity contribution in [3.8, 4) is 0 Å². The number of carboxylic acid groups (broad SMARTS) is 1. The van der Waals surface area contributed by atoms with Gasteiger partial charge in [0.05, 0.1) is 0 Å². The first-order chi connectivity index (χ1) is 6.20. The van der Waals surface area contributed by atoms with Crippen molar-refractivity contribution < 1.29 is 14.6 Å². The van der Waals surface area contributed by atoms with Gasteiger partial charge in [0.1, 0.15) is 6.10 Å². The molecule has 13 heavy (non-hydrogen) atoms. The highest BCUT2D eigenvalue weighted by Crippen LogP contribution is 2.10. The van der Waals surface area contributed by atoms with E-state index in [0.717, 1.165) is 19.3 Å². The van der Waals surface area contributed by atoms with Crippen LogP contribution < -0.4 is 0 Å². The number of rotatable bonds is 7. The summed E-state index contributed by atoms with van der Waals surface area (Å²) in [6.07, 6.45) is 5.06. The first kappa shape index (κ1) is 12.3. The predicted octanol–water partition coefficient (Wildman–Crippen LogP) is 3.43. The Hall–Kier alpha value is -0.730. The monoisotopic (exact) mass is 188 g/mol. The normalized spacial score (nSPS) is 12.5. The number of ether oxygens (including phenoxy) is 1. The standard InChI is InChI=1S/C10H20O3/c1-3-5-6-7-8-9(4-2)13-10(11)12/h9H,3-8H2,1-2H3,(H,11,12). The minimum Gasteiger partial charge on any atom is -0.450 e. The van der Waals surface area contributed by atoms with E-state index in [-0.39, 0.29) is 6.10 Å². The lowest BCUT2D eigenvalue weighted by Gasteiger charge is -2.12. The summed E-state index contributed by atoms with van der Waals surface area (Å²) in [7, 11) is 0. The highest BCUT2D eigenvalue weighted by atomic mass is 16.7. The molecule has 78 valence electrons. The van der Waals surface area contributed by atoms with Crippen LogP contribution in [0.3, 0.4) is 0 Å². The molecule has 0 aliphatic rings. The van der Waals surface area contributed by atoms with E-state index in [1.54, 1.807) is 0 Å². The van der Waals surface area contributed by atoms with Gasteiger partial charge >= 0.3 is 6.16 Å². The molecule has 0 rings (SSSR count). The maximum atomic E-state index is 10.2. The third-order valence-corrected chi connectivity index (χ3v) is 2.10. The summed E-state index contributed by atoms with van der Waals surface area (Å²) in [5.74, 6) is 0. The molecule has 0 amide bonds. The van der Waals surface area contributed by atoms with Crippen LogP contribution in [0.5, 0.6) is 0 Å². The molecule has 0 saturated heterocycles. The summed E-state index contributed by atoms with van der Waals surface area (Å²) >= 11 is 0. The summed E-state index contributed by atoms with van der Waals surface area (Å²) in [4.78, 5) is 10.2. The van der Waals surface area contributed by atoms with E-state index in [9.17, 15) is 4.79 Å². The highest BCUT2D eigenvalue weighted by molar-refractivity contribution is 5.57. The zero-order chi connectivity index (χ0) is 10.1. The highest BCUT2D eigenvalue weighted by Gasteiger charge is 2.09. The van der Waals surface area contributed by atoms with Gasteiger partial charge < -0.3 is 9.84 Å². The van der Waals surface area contributed by atoms with Crippen molar-refractivity contribution in [1.82, 2.24) is 0 Å². The largest absolute Gasteiger partial charge is 0.506 e. The zero-order valence-electron chi connectivity index (χ0n) is 8.58. The molecule has 0 radical (unpaired) electrons. The molecule has 0 aromatic carbocycles. The maximum absolute atomic E-state index is 10.2. The molecule has 1 atom stereocenters. The van der Waals surface area contributed by atoms with Crippen LogP contribution in [0.1, 0.15) is 52.4 Å². The zero-order valence-corrected chi connectivity index (χ0v) is 8.58. The molecule has 0 heterocycles. The van der Waals surface area contributed by atoms with Crippen LogP contribution in [0, 0.1) is 0 Å². The Labute approximate surface area is 80.1 Å². The third kappa shape index (κ3) is 7.62. The first-order valence-corrected chi connectivity index (χ1v) is 5.10. The molecular weight excluding hydrogens is 168 g/mol. The molecule has 0 aromatic rings. The number of unbranched alkanes of at least 4 members (excludes halogenated alkanes) is 3. The topological polar surface area (TPSA) is 46.5 Å². The van der Waals surface area contributed by atoms with Crippen LogP contribution in [-0.2, 0) is 4.74 Å². The van der Waals surface area contributed by atoms with Crippen LogP contribution in [0.15, 0.2) is 0 Å². The fourth-order valence-corrected chi connectivity index (χ4v) is 1.29. The Balaban J connectivity index is 3.42. The van der Waals surface area contributed by atoms with Crippen LogP contribution >= 0.6 is 0 Å². The van der Waals surface area contributed by atoms with Crippen molar-refractivity contribution in [3.63, 3.8) is 0 Å². The molecule has 0 spiro atoms. The van der Waals surface area contributed by atoms with Crippen molar-refractivity contribution in [2.45, 2.75) is 58.5 Å². The number of hydrogen-bond donors (Lipinski definition) is 1. The van der Waals surface area contributed by atoms with Crippen molar-refractivity contribution in [3.05, 3.63) is 0 Å². The quantitative estimate of drug-likeness (QED) is 0.491. The third-order valence-electron chi connectivity index (χ3n) is 2.10. The van der Waals surface area contributed by atoms with E-state index in [4.69, 9.17) is 9.84 Å². The van der Waals surface area contributed by atoms with E-state index < -0.39 is 6.16 Å². The molecule has 0 fully saturated rings. The van der Waals surface area contributed by atoms with Crippen LogP contribution in [0.4, 0.5) is 4.79 Å². The van der Waals surface area contributed by atoms with Crippen molar-refractivity contribution >= 4 is 6.16 Å². The predicted molar refractivity (Wildman–Crippen MR) is 51.9 cm³/mol. The second-order valence-corrected chi connectivity index (χ2v) is 3.26. The minimum atomic E-state index is -1.15. The first-order valence-electron chi connectivity index (χ1n) is 5.10. The Morgan fingerprint density at radius 3 is 2.46 bits per heavy atom. The Morgan fingerprint density at radius 1 is 1.31 bits per heavy atom. The van der Waals surface area contributed by atoms with Gasteiger partial charge in [-0.05, 0) is 19.3 Å². The average molecular weight is 188 g/mol. The van der Waals surface area contributed by atoms with Crippen LogP contribution in [-0.4, -0.2) is 17.4 Å². The summed E-state index contributed by atoms with van der Waals surface area (Å²) < 4.78 is 4.70. The number of carbonyl (C=O) groups is 1. The van der Waals surface area contributed by atoms with E-state index >= 15 is 0 Å². The van der Waals surface area contributed by atoms with Crippen LogP contribution in [0.25, 0.3) is 0 Å². The molecular formula is C10H20O3. The van der Waals surface area contributed by atoms with Gasteiger partial charge in [0, 0.05) is 0 Å². The SMILES string of the molecule is CCCCCCC(CC)OC(=O)O. The van der Waals surface area contributed by atoms with Gasteiger partial charge in [-0.15, -0.1) is 0 Å². The van der Waals surface area contributed by atoms with Gasteiger partial charge in [-0.2, -0.15) is 0 Å². The summed E-state index contributed by atoms with van der Waals surface area (Å²) in [5.41, 5.74) is 0. The molecule has 3 heteroatoms. The summed E-state index contributed by atoms with van der Waals surface area (Å²) in [5, 5.41) is 8.40. The molecule has 3 nitrogen and oxygen atoms in total. The van der Waals surface area contributed by atoms with E-state index in [1.807, 2.05) is 6.92 Å². The lowest BCUT2D eigenvalue weighted by atomic mass is 10.1. The second-order valence-electron chi connectivity index (χ2n) is 3.26. The fraction of sp³-hybridized carbons (Fsp3) is 0.900. The lowest BCUT2D eigenvalue weighted by molar-refractivity contribution is 0.0455. The molecule has 0 aromatic heterocycles. The molecule has 1 unspecified atom stereocenters. The Kier molecular flexibility index (Phi) is 7.45. The second kappa shape index (κ2) is 7.90. The van der Waals surface area contributed by atoms with Gasteiger partial charge in [0.25, 0.3) is 0 Å². The van der Waals surface area contributed by atoms with E-state index in [1.165, 1.54) is 19.3 Å². The van der Waals surface area contributed by atoms with E-state index in [0.29, 0.717) is 0 Å². The molecule has 1 N–H and O–H groups in total. The van der Waals surface area contributed by atoms with Crippen molar-refractivity contribution in [2.24, 2.45) is 0 Å². The smallest absolute Gasteiger partial charge is 0.450 e. The molecule has 0 bridgehead atoms. The molecule has 0 aliphatic carbocycles. The Morgan fingerprint density at radius 2 is 2.00 bits per heavy atom. The van der Waals surface area contributed by atoms with E-state index in [2.05, 4.69) is 6.92 Å². The maximum Gasteiger partial charge on any atom is 0.506 e. The fourth-order valence-electron chi connectivity index (χ4n) is 1.29. The summed E-state index contributed by atoms with van der Waals surface area (Å²) in [6, 6.07) is 0. The van der Waals surface area contributed by atoms with Gasteiger partial charge in [0.15, 0.2) is 0 Å². The van der Waals surface area contributed by atoms with Gasteiger partial charge in [-0.3, -0.25) is 0 Å². The Bertz CT molecular complexity index is 134. The molecule has 0 aliphatic heterocycles. The minimum absolute atomic E-state index is 0.102.